The van der Waals surface area contributed by atoms with Gasteiger partial charge in [0.25, 0.3) is 0 Å². The Bertz CT molecular complexity index is 348. The molecule has 0 atom stereocenters. The second-order valence-corrected chi connectivity index (χ2v) is 4.05. The number of urea groups is 1. The summed E-state index contributed by atoms with van der Waals surface area (Å²) in [6.45, 7) is 3.71. The summed E-state index contributed by atoms with van der Waals surface area (Å²) >= 11 is 11.6. The number of anilines is 1. The summed E-state index contributed by atoms with van der Waals surface area (Å²) in [7, 11) is 0. The Morgan fingerprint density at radius 1 is 1.33 bits per heavy atom. The van der Waals surface area contributed by atoms with E-state index in [4.69, 9.17) is 23.2 Å². The molecule has 0 bridgehead atoms. The van der Waals surface area contributed by atoms with Crippen molar-refractivity contribution >= 4 is 34.9 Å². The molecule has 0 saturated heterocycles. The van der Waals surface area contributed by atoms with Crippen LogP contribution in [-0.2, 0) is 0 Å². The normalized spacial score (nSPS) is 10.2. The maximum absolute atomic E-state index is 11.4. The molecule has 15 heavy (non-hydrogen) atoms. The van der Waals surface area contributed by atoms with Crippen LogP contribution in [0.25, 0.3) is 0 Å². The first kappa shape index (κ1) is 12.1. The largest absolute Gasteiger partial charge is 0.336 e. The van der Waals surface area contributed by atoms with Crippen LogP contribution in [0.3, 0.4) is 0 Å². The number of rotatable bonds is 2. The van der Waals surface area contributed by atoms with Gasteiger partial charge >= 0.3 is 6.03 Å². The van der Waals surface area contributed by atoms with E-state index in [1.807, 2.05) is 13.8 Å². The van der Waals surface area contributed by atoms with Gasteiger partial charge in [-0.15, -0.1) is 0 Å². The molecule has 6 heteroatoms. The van der Waals surface area contributed by atoms with Crippen molar-refractivity contribution in [2.45, 2.75) is 19.9 Å². The Kier molecular flexibility index (Phi) is 4.17. The van der Waals surface area contributed by atoms with Crippen LogP contribution in [0.2, 0.25) is 10.0 Å². The van der Waals surface area contributed by atoms with Crippen LogP contribution in [0.15, 0.2) is 12.4 Å². The van der Waals surface area contributed by atoms with Crippen LogP contribution >= 0.6 is 23.2 Å². The van der Waals surface area contributed by atoms with Crippen molar-refractivity contribution in [2.24, 2.45) is 0 Å². The first-order valence-electron chi connectivity index (χ1n) is 4.37. The zero-order valence-electron chi connectivity index (χ0n) is 8.34. The van der Waals surface area contributed by atoms with Gasteiger partial charge in [-0.25, -0.2) is 4.79 Å². The molecule has 4 nitrogen and oxygen atoms in total. The van der Waals surface area contributed by atoms with E-state index in [9.17, 15) is 4.79 Å². The van der Waals surface area contributed by atoms with Crippen molar-refractivity contribution in [3.8, 4) is 0 Å². The maximum Gasteiger partial charge on any atom is 0.319 e. The van der Waals surface area contributed by atoms with Crippen molar-refractivity contribution in [3.63, 3.8) is 0 Å². The Labute approximate surface area is 98.0 Å². The fraction of sp³-hybridized carbons (Fsp3) is 0.333. The Morgan fingerprint density at radius 3 is 2.33 bits per heavy atom. The highest BCUT2D eigenvalue weighted by molar-refractivity contribution is 6.39. The van der Waals surface area contributed by atoms with E-state index in [-0.39, 0.29) is 12.1 Å². The molecule has 0 saturated carbocycles. The topological polar surface area (TPSA) is 54.0 Å². The predicted octanol–water partition coefficient (Wildman–Crippen LogP) is 2.92. The molecule has 1 aromatic rings. The molecule has 2 amide bonds. The van der Waals surface area contributed by atoms with Gasteiger partial charge in [-0.1, -0.05) is 23.2 Å². The molecule has 1 heterocycles. The lowest BCUT2D eigenvalue weighted by atomic mass is 10.4. The fourth-order valence-corrected chi connectivity index (χ4v) is 1.40. The van der Waals surface area contributed by atoms with Crippen LogP contribution < -0.4 is 10.6 Å². The summed E-state index contributed by atoms with van der Waals surface area (Å²) in [5.74, 6) is 0. The lowest BCUT2D eigenvalue weighted by Gasteiger charge is -2.11. The van der Waals surface area contributed by atoms with Gasteiger partial charge in [0.1, 0.15) is 0 Å². The highest BCUT2D eigenvalue weighted by atomic mass is 35.5. The number of amides is 2. The van der Waals surface area contributed by atoms with Crippen molar-refractivity contribution in [3.05, 3.63) is 22.4 Å². The second-order valence-electron chi connectivity index (χ2n) is 3.23. The van der Waals surface area contributed by atoms with Gasteiger partial charge in [0.15, 0.2) is 0 Å². The molecule has 0 spiro atoms. The van der Waals surface area contributed by atoms with Crippen LogP contribution in [0.5, 0.6) is 0 Å². The molecule has 0 unspecified atom stereocenters. The molecule has 0 fully saturated rings. The average molecular weight is 248 g/mol. The van der Waals surface area contributed by atoms with Crippen molar-refractivity contribution < 1.29 is 4.79 Å². The van der Waals surface area contributed by atoms with Crippen LogP contribution in [0.4, 0.5) is 10.5 Å². The lowest BCUT2D eigenvalue weighted by molar-refractivity contribution is 0.250. The van der Waals surface area contributed by atoms with Gasteiger partial charge in [0, 0.05) is 18.4 Å². The Morgan fingerprint density at radius 2 is 1.87 bits per heavy atom. The Hall–Kier alpha value is -1.00. The SMILES string of the molecule is CC(C)NC(=O)Nc1c(Cl)cncc1Cl. The van der Waals surface area contributed by atoms with Crippen molar-refractivity contribution in [2.75, 3.05) is 5.32 Å². The molecule has 1 rings (SSSR count). The molecule has 0 aliphatic carbocycles. The maximum atomic E-state index is 11.4. The van der Waals surface area contributed by atoms with Crippen molar-refractivity contribution in [1.29, 1.82) is 0 Å². The van der Waals surface area contributed by atoms with E-state index < -0.39 is 0 Å². The zero-order valence-corrected chi connectivity index (χ0v) is 9.86. The molecular weight excluding hydrogens is 237 g/mol. The third-order valence-electron chi connectivity index (χ3n) is 1.51. The van der Waals surface area contributed by atoms with Crippen LogP contribution in [0.1, 0.15) is 13.8 Å². The molecule has 2 N–H and O–H groups in total. The average Bonchev–Trinajstić information content (AvgIpc) is 2.10. The highest BCUT2D eigenvalue weighted by Gasteiger charge is 2.10. The van der Waals surface area contributed by atoms with Gasteiger partial charge < -0.3 is 10.6 Å². The van der Waals surface area contributed by atoms with E-state index in [1.165, 1.54) is 12.4 Å². The smallest absolute Gasteiger partial charge is 0.319 e. The summed E-state index contributed by atoms with van der Waals surface area (Å²) in [6, 6.07) is -0.301. The standard InChI is InChI=1S/C9H11Cl2N3O/c1-5(2)13-9(15)14-8-6(10)3-12-4-7(8)11/h3-5H,1-2H3,(H2,12,13,14,15). The highest BCUT2D eigenvalue weighted by Crippen LogP contribution is 2.28. The molecular formula is C9H11Cl2N3O. The molecule has 0 aliphatic rings. The minimum absolute atomic E-state index is 0.0457. The fourth-order valence-electron chi connectivity index (χ4n) is 0.943. The summed E-state index contributed by atoms with van der Waals surface area (Å²) in [5.41, 5.74) is 0.367. The van der Waals surface area contributed by atoms with E-state index >= 15 is 0 Å². The number of hydrogen-bond acceptors (Lipinski definition) is 2. The van der Waals surface area contributed by atoms with Gasteiger partial charge in [0.05, 0.1) is 15.7 Å². The monoisotopic (exact) mass is 247 g/mol. The summed E-state index contributed by atoms with van der Waals surface area (Å²) < 4.78 is 0. The van der Waals surface area contributed by atoms with Gasteiger partial charge in [0.2, 0.25) is 0 Å². The minimum Gasteiger partial charge on any atom is -0.336 e. The molecule has 0 aromatic carbocycles. The van der Waals surface area contributed by atoms with E-state index in [2.05, 4.69) is 15.6 Å². The van der Waals surface area contributed by atoms with E-state index in [0.717, 1.165) is 0 Å². The number of carbonyl (C=O) groups is 1. The third kappa shape index (κ3) is 3.57. The number of halogens is 2. The summed E-state index contributed by atoms with van der Waals surface area (Å²) in [6.07, 6.45) is 2.83. The third-order valence-corrected chi connectivity index (χ3v) is 2.08. The van der Waals surface area contributed by atoms with E-state index in [1.54, 1.807) is 0 Å². The van der Waals surface area contributed by atoms with Gasteiger partial charge in [-0.2, -0.15) is 0 Å². The minimum atomic E-state index is -0.347. The molecule has 82 valence electrons. The van der Waals surface area contributed by atoms with Crippen LogP contribution in [0, 0.1) is 0 Å². The number of nitrogens with one attached hydrogen (secondary N) is 2. The number of hydrogen-bond donors (Lipinski definition) is 2. The number of nitrogens with zero attached hydrogens (tertiary/aromatic N) is 1. The lowest BCUT2D eigenvalue weighted by Crippen LogP contribution is -2.34. The number of carbonyl (C=O) groups excluding carboxylic acids is 1. The number of pyridine rings is 1. The van der Waals surface area contributed by atoms with Crippen LogP contribution in [-0.4, -0.2) is 17.1 Å². The summed E-state index contributed by atoms with van der Waals surface area (Å²) in [5, 5.41) is 5.83. The molecule has 1 aromatic heterocycles. The quantitative estimate of drug-likeness (QED) is 0.845. The van der Waals surface area contributed by atoms with E-state index in [0.29, 0.717) is 15.7 Å². The number of aromatic nitrogens is 1. The van der Waals surface area contributed by atoms with Crippen molar-refractivity contribution in [1.82, 2.24) is 10.3 Å². The Balaban J connectivity index is 2.76. The van der Waals surface area contributed by atoms with Gasteiger partial charge in [-0.05, 0) is 13.8 Å². The molecule has 0 aliphatic heterocycles. The second kappa shape index (κ2) is 5.19. The molecule has 0 radical (unpaired) electrons. The zero-order chi connectivity index (χ0) is 11.4. The van der Waals surface area contributed by atoms with Gasteiger partial charge in [-0.3, -0.25) is 4.98 Å². The predicted molar refractivity (Wildman–Crippen MR) is 61.5 cm³/mol. The first-order chi connectivity index (χ1) is 7.00. The first-order valence-corrected chi connectivity index (χ1v) is 5.13. The summed E-state index contributed by atoms with van der Waals surface area (Å²) in [4.78, 5) is 15.1.